The number of hydrogen-bond donors (Lipinski definition) is 0. The lowest BCUT2D eigenvalue weighted by molar-refractivity contribution is 0.0179. The summed E-state index contributed by atoms with van der Waals surface area (Å²) in [7, 11) is 0. The Morgan fingerprint density at radius 3 is 2.41 bits per heavy atom. The van der Waals surface area contributed by atoms with Crippen molar-refractivity contribution in [3.8, 4) is 0 Å². The van der Waals surface area contributed by atoms with Crippen molar-refractivity contribution in [1.29, 1.82) is 0 Å². The SMILES string of the molecule is CCOC(=O)n1c2cccc(Br)c2c(=O)n1C1CCN(C(=O)OC(C)(C)C)CC1. The summed E-state index contributed by atoms with van der Waals surface area (Å²) < 4.78 is 14.1. The lowest BCUT2D eigenvalue weighted by Gasteiger charge is -2.34. The van der Waals surface area contributed by atoms with Gasteiger partial charge in [0.25, 0.3) is 5.56 Å². The maximum atomic E-state index is 13.2. The molecule has 1 saturated heterocycles. The Balaban J connectivity index is 1.93. The van der Waals surface area contributed by atoms with Crippen LogP contribution in [0.4, 0.5) is 9.59 Å². The van der Waals surface area contributed by atoms with E-state index in [4.69, 9.17) is 9.47 Å². The second kappa shape index (κ2) is 8.22. The van der Waals surface area contributed by atoms with Crippen molar-refractivity contribution < 1.29 is 19.1 Å². The Morgan fingerprint density at radius 2 is 1.83 bits per heavy atom. The van der Waals surface area contributed by atoms with E-state index in [0.29, 0.717) is 41.3 Å². The highest BCUT2D eigenvalue weighted by molar-refractivity contribution is 9.10. The first-order valence-electron chi connectivity index (χ1n) is 9.71. The predicted octanol–water partition coefficient (Wildman–Crippen LogP) is 4.14. The quantitative estimate of drug-likeness (QED) is 0.662. The van der Waals surface area contributed by atoms with E-state index >= 15 is 0 Å². The van der Waals surface area contributed by atoms with Gasteiger partial charge in [-0.2, -0.15) is 4.68 Å². The summed E-state index contributed by atoms with van der Waals surface area (Å²) in [5.41, 5.74) is -0.318. The van der Waals surface area contributed by atoms with E-state index in [1.807, 2.05) is 20.8 Å². The molecule has 29 heavy (non-hydrogen) atoms. The Bertz CT molecular complexity index is 980. The molecule has 0 N–H and O–H groups in total. The number of hydrogen-bond acceptors (Lipinski definition) is 5. The number of benzene rings is 1. The second-order valence-corrected chi connectivity index (χ2v) is 8.85. The topological polar surface area (TPSA) is 82.8 Å². The predicted molar refractivity (Wildman–Crippen MR) is 112 cm³/mol. The van der Waals surface area contributed by atoms with Crippen molar-refractivity contribution in [2.45, 2.75) is 52.2 Å². The van der Waals surface area contributed by atoms with E-state index in [2.05, 4.69) is 15.9 Å². The minimum Gasteiger partial charge on any atom is -0.448 e. The Labute approximate surface area is 177 Å². The van der Waals surface area contributed by atoms with Crippen molar-refractivity contribution in [2.24, 2.45) is 0 Å². The molecule has 1 aliphatic heterocycles. The molecular weight excluding hydrogens is 442 g/mol. The number of ether oxygens (including phenoxy) is 2. The highest BCUT2D eigenvalue weighted by atomic mass is 79.9. The molecule has 0 aliphatic carbocycles. The number of aromatic nitrogens is 2. The molecule has 2 aromatic rings. The van der Waals surface area contributed by atoms with Crippen LogP contribution in [0.15, 0.2) is 27.5 Å². The largest absolute Gasteiger partial charge is 0.448 e. The van der Waals surface area contributed by atoms with Crippen molar-refractivity contribution >= 4 is 39.0 Å². The summed E-state index contributed by atoms with van der Waals surface area (Å²) in [5, 5.41) is 0.440. The molecule has 1 aromatic carbocycles. The molecule has 0 atom stereocenters. The average Bonchev–Trinajstić information content (AvgIpc) is 2.94. The summed E-state index contributed by atoms with van der Waals surface area (Å²) in [5.74, 6) is 0. The summed E-state index contributed by atoms with van der Waals surface area (Å²) in [6.45, 7) is 8.29. The highest BCUT2D eigenvalue weighted by Crippen LogP contribution is 2.28. The van der Waals surface area contributed by atoms with Gasteiger partial charge in [0.2, 0.25) is 0 Å². The number of carbonyl (C=O) groups is 2. The molecule has 8 nitrogen and oxygen atoms in total. The van der Waals surface area contributed by atoms with Gasteiger partial charge < -0.3 is 14.4 Å². The van der Waals surface area contributed by atoms with E-state index in [1.54, 1.807) is 30.0 Å². The smallest absolute Gasteiger partial charge is 0.433 e. The molecule has 158 valence electrons. The first kappa shape index (κ1) is 21.4. The normalized spacial score (nSPS) is 15.6. The van der Waals surface area contributed by atoms with Gasteiger partial charge in [0.05, 0.1) is 23.6 Å². The number of likely N-dealkylation sites (tertiary alicyclic amines) is 1. The van der Waals surface area contributed by atoms with Crippen LogP contribution in [0, 0.1) is 0 Å². The molecule has 0 bridgehead atoms. The Hall–Kier alpha value is -2.29. The van der Waals surface area contributed by atoms with Gasteiger partial charge in [0, 0.05) is 17.6 Å². The summed E-state index contributed by atoms with van der Waals surface area (Å²) in [4.78, 5) is 39.8. The maximum absolute atomic E-state index is 13.2. The van der Waals surface area contributed by atoms with Crippen molar-refractivity contribution in [2.75, 3.05) is 19.7 Å². The third-order valence-electron chi connectivity index (χ3n) is 4.76. The first-order chi connectivity index (χ1) is 13.6. The molecule has 0 spiro atoms. The molecule has 1 aromatic heterocycles. The molecular formula is C20H26BrN3O5. The van der Waals surface area contributed by atoms with Crippen LogP contribution in [0.5, 0.6) is 0 Å². The highest BCUT2D eigenvalue weighted by Gasteiger charge is 2.31. The summed E-state index contributed by atoms with van der Waals surface area (Å²) >= 11 is 3.42. The van der Waals surface area contributed by atoms with Gasteiger partial charge >= 0.3 is 12.2 Å². The zero-order valence-corrected chi connectivity index (χ0v) is 18.7. The van der Waals surface area contributed by atoms with Gasteiger partial charge in [-0.15, -0.1) is 0 Å². The van der Waals surface area contributed by atoms with E-state index in [0.717, 1.165) is 0 Å². The number of halogens is 1. The number of rotatable bonds is 2. The summed E-state index contributed by atoms with van der Waals surface area (Å²) in [6.07, 6.45) is 0.114. The van der Waals surface area contributed by atoms with Crippen LogP contribution >= 0.6 is 15.9 Å². The van der Waals surface area contributed by atoms with Crippen molar-refractivity contribution in [3.63, 3.8) is 0 Å². The minimum atomic E-state index is -0.590. The fourth-order valence-corrected chi connectivity index (χ4v) is 4.07. The van der Waals surface area contributed by atoms with Crippen LogP contribution < -0.4 is 5.56 Å². The van der Waals surface area contributed by atoms with Crippen molar-refractivity contribution in [3.05, 3.63) is 33.0 Å². The molecule has 2 heterocycles. The molecule has 0 saturated carbocycles. The number of carbonyl (C=O) groups excluding carboxylic acids is 2. The van der Waals surface area contributed by atoms with Gasteiger partial charge in [-0.25, -0.2) is 14.3 Å². The maximum Gasteiger partial charge on any atom is 0.433 e. The molecule has 3 rings (SSSR count). The van der Waals surface area contributed by atoms with Crippen LogP contribution in [-0.4, -0.2) is 51.7 Å². The third kappa shape index (κ3) is 4.34. The minimum absolute atomic E-state index is 0.206. The van der Waals surface area contributed by atoms with Crippen LogP contribution in [-0.2, 0) is 9.47 Å². The van der Waals surface area contributed by atoms with Crippen LogP contribution in [0.25, 0.3) is 10.9 Å². The Morgan fingerprint density at radius 1 is 1.17 bits per heavy atom. The average molecular weight is 468 g/mol. The number of amides is 1. The standard InChI is InChI=1S/C20H26BrN3O5/c1-5-28-19(27)24-15-8-6-7-14(21)16(15)17(25)23(24)13-9-11-22(12-10-13)18(26)29-20(2,3)4/h6-8,13H,5,9-12H2,1-4H3. The van der Waals surface area contributed by atoms with Gasteiger partial charge in [0.1, 0.15) is 5.60 Å². The van der Waals surface area contributed by atoms with Gasteiger partial charge in [0.15, 0.2) is 0 Å². The van der Waals surface area contributed by atoms with E-state index in [9.17, 15) is 14.4 Å². The lowest BCUT2D eigenvalue weighted by Crippen LogP contribution is -2.44. The second-order valence-electron chi connectivity index (χ2n) is 7.99. The van der Waals surface area contributed by atoms with Crippen LogP contribution in [0.2, 0.25) is 0 Å². The summed E-state index contributed by atoms with van der Waals surface area (Å²) in [6, 6.07) is 5.04. The molecule has 0 radical (unpaired) electrons. The van der Waals surface area contributed by atoms with Crippen molar-refractivity contribution in [1.82, 2.24) is 14.3 Å². The van der Waals surface area contributed by atoms with E-state index < -0.39 is 11.7 Å². The fourth-order valence-electron chi connectivity index (χ4n) is 3.54. The molecule has 1 amide bonds. The monoisotopic (exact) mass is 467 g/mol. The molecule has 0 unspecified atom stereocenters. The lowest BCUT2D eigenvalue weighted by atomic mass is 10.1. The third-order valence-corrected chi connectivity index (χ3v) is 5.42. The number of piperidine rings is 1. The van der Waals surface area contributed by atoms with Crippen LogP contribution in [0.1, 0.15) is 46.6 Å². The number of fused-ring (bicyclic) bond motifs is 1. The van der Waals surface area contributed by atoms with E-state index in [1.165, 1.54) is 9.36 Å². The molecule has 1 aliphatic rings. The zero-order chi connectivity index (χ0) is 21.3. The van der Waals surface area contributed by atoms with Crippen LogP contribution in [0.3, 0.4) is 0 Å². The van der Waals surface area contributed by atoms with Gasteiger partial charge in [-0.3, -0.25) is 4.79 Å². The first-order valence-corrected chi connectivity index (χ1v) is 10.5. The molecule has 1 fully saturated rings. The van der Waals surface area contributed by atoms with Gasteiger partial charge in [-0.05, 0) is 68.6 Å². The fraction of sp³-hybridized carbons (Fsp3) is 0.550. The number of nitrogens with zero attached hydrogens (tertiary/aromatic N) is 3. The Kier molecular flexibility index (Phi) is 6.07. The molecule has 9 heteroatoms. The van der Waals surface area contributed by atoms with E-state index in [-0.39, 0.29) is 24.3 Å². The van der Waals surface area contributed by atoms with Gasteiger partial charge in [-0.1, -0.05) is 6.07 Å². The zero-order valence-electron chi connectivity index (χ0n) is 17.1.